The molecule has 0 aliphatic carbocycles. The molecule has 1 aromatic heterocycles. The Bertz CT molecular complexity index is 398. The molecule has 4 heteroatoms. The van der Waals surface area contributed by atoms with E-state index < -0.39 is 0 Å². The van der Waals surface area contributed by atoms with Gasteiger partial charge < -0.3 is 10.2 Å². The molecule has 3 rings (SSSR count). The summed E-state index contributed by atoms with van der Waals surface area (Å²) in [5, 5.41) is 3.29. The van der Waals surface area contributed by atoms with Crippen molar-refractivity contribution < 1.29 is 4.79 Å². The van der Waals surface area contributed by atoms with Crippen molar-refractivity contribution in [3.63, 3.8) is 0 Å². The largest absolute Gasteiger partial charge is 0.316 e. The second-order valence-electron chi connectivity index (χ2n) is 4.63. The summed E-state index contributed by atoms with van der Waals surface area (Å²) in [6.45, 7) is 2.63. The fourth-order valence-corrected chi connectivity index (χ4v) is 2.72. The minimum atomic E-state index is -0.129. The zero-order valence-electron chi connectivity index (χ0n) is 9.15. The molecular formula is C12H15N3O. The number of aromatic nitrogens is 1. The van der Waals surface area contributed by atoms with Crippen LogP contribution in [0.3, 0.4) is 0 Å². The molecule has 1 amide bonds. The number of nitrogens with one attached hydrogen (secondary N) is 1. The monoisotopic (exact) mass is 217 g/mol. The van der Waals surface area contributed by atoms with Crippen LogP contribution in [-0.2, 0) is 4.79 Å². The van der Waals surface area contributed by atoms with Gasteiger partial charge in [0.15, 0.2) is 0 Å². The molecule has 16 heavy (non-hydrogen) atoms. The molecule has 0 aromatic carbocycles. The molecule has 2 saturated heterocycles. The highest BCUT2D eigenvalue weighted by atomic mass is 16.2. The van der Waals surface area contributed by atoms with Crippen LogP contribution in [0.4, 0.5) is 5.69 Å². The maximum atomic E-state index is 12.4. The molecule has 2 aliphatic heterocycles. The van der Waals surface area contributed by atoms with Gasteiger partial charge in [0.25, 0.3) is 0 Å². The van der Waals surface area contributed by atoms with Crippen LogP contribution >= 0.6 is 0 Å². The molecule has 0 saturated carbocycles. The first kappa shape index (κ1) is 9.78. The van der Waals surface area contributed by atoms with Gasteiger partial charge in [-0.1, -0.05) is 0 Å². The average molecular weight is 217 g/mol. The van der Waals surface area contributed by atoms with Gasteiger partial charge in [-0.2, -0.15) is 0 Å². The Kier molecular flexibility index (Phi) is 2.17. The lowest BCUT2D eigenvalue weighted by Gasteiger charge is -2.21. The van der Waals surface area contributed by atoms with Gasteiger partial charge in [-0.3, -0.25) is 9.78 Å². The van der Waals surface area contributed by atoms with Gasteiger partial charge in [0, 0.05) is 19.3 Å². The van der Waals surface area contributed by atoms with E-state index >= 15 is 0 Å². The molecular weight excluding hydrogens is 202 g/mol. The third kappa shape index (κ3) is 1.33. The molecule has 0 bridgehead atoms. The van der Waals surface area contributed by atoms with Crippen molar-refractivity contribution in [3.8, 4) is 0 Å². The average Bonchev–Trinajstić information content (AvgIpc) is 2.91. The van der Waals surface area contributed by atoms with Crippen molar-refractivity contribution in [1.29, 1.82) is 0 Å². The Morgan fingerprint density at radius 2 is 2.38 bits per heavy atom. The SMILES string of the molecule is O=C1N(c2cccnc2)CC[C@@]12CCNC2. The minimum absolute atomic E-state index is 0.129. The summed E-state index contributed by atoms with van der Waals surface area (Å²) in [6, 6.07) is 3.83. The van der Waals surface area contributed by atoms with Gasteiger partial charge in [-0.25, -0.2) is 0 Å². The molecule has 1 N–H and O–H groups in total. The normalized spacial score (nSPS) is 29.2. The fourth-order valence-electron chi connectivity index (χ4n) is 2.72. The zero-order valence-corrected chi connectivity index (χ0v) is 9.15. The molecule has 0 unspecified atom stereocenters. The van der Waals surface area contributed by atoms with Crippen molar-refractivity contribution in [3.05, 3.63) is 24.5 Å². The molecule has 3 heterocycles. The minimum Gasteiger partial charge on any atom is -0.316 e. The first-order valence-electron chi connectivity index (χ1n) is 5.75. The van der Waals surface area contributed by atoms with Gasteiger partial charge in [-0.15, -0.1) is 0 Å². The molecule has 0 radical (unpaired) electrons. The van der Waals surface area contributed by atoms with Crippen molar-refractivity contribution in [2.75, 3.05) is 24.5 Å². The summed E-state index contributed by atoms with van der Waals surface area (Å²) < 4.78 is 0. The number of carbonyl (C=O) groups excluding carboxylic acids is 1. The molecule has 4 nitrogen and oxygen atoms in total. The number of anilines is 1. The number of pyridine rings is 1. The third-order valence-electron chi connectivity index (χ3n) is 3.71. The van der Waals surface area contributed by atoms with Crippen LogP contribution in [0.1, 0.15) is 12.8 Å². The Hall–Kier alpha value is -1.42. The van der Waals surface area contributed by atoms with Crippen molar-refractivity contribution in [1.82, 2.24) is 10.3 Å². The van der Waals surface area contributed by atoms with E-state index in [1.54, 1.807) is 12.4 Å². The summed E-state index contributed by atoms with van der Waals surface area (Å²) >= 11 is 0. The number of carbonyl (C=O) groups is 1. The van der Waals surface area contributed by atoms with E-state index in [1.807, 2.05) is 17.0 Å². The van der Waals surface area contributed by atoms with Crippen LogP contribution < -0.4 is 10.2 Å². The first-order valence-corrected chi connectivity index (χ1v) is 5.75. The lowest BCUT2D eigenvalue weighted by molar-refractivity contribution is -0.124. The molecule has 1 aromatic rings. The predicted octanol–water partition coefficient (Wildman–Crippen LogP) is 0.798. The molecule has 84 valence electrons. The molecule has 1 spiro atoms. The highest BCUT2D eigenvalue weighted by molar-refractivity contribution is 6.00. The lowest BCUT2D eigenvalue weighted by Crippen LogP contribution is -2.36. The van der Waals surface area contributed by atoms with Crippen LogP contribution in [0.5, 0.6) is 0 Å². The number of hydrogen-bond acceptors (Lipinski definition) is 3. The van der Waals surface area contributed by atoms with Gasteiger partial charge in [0.05, 0.1) is 17.3 Å². The Morgan fingerprint density at radius 1 is 1.44 bits per heavy atom. The number of rotatable bonds is 1. The number of nitrogens with zero attached hydrogens (tertiary/aromatic N) is 2. The van der Waals surface area contributed by atoms with E-state index in [4.69, 9.17) is 0 Å². The second kappa shape index (κ2) is 3.56. The van der Waals surface area contributed by atoms with Crippen LogP contribution in [0.2, 0.25) is 0 Å². The fraction of sp³-hybridized carbons (Fsp3) is 0.500. The molecule has 2 aliphatic rings. The van der Waals surface area contributed by atoms with Gasteiger partial charge in [0.1, 0.15) is 0 Å². The smallest absolute Gasteiger partial charge is 0.234 e. The van der Waals surface area contributed by atoms with E-state index in [-0.39, 0.29) is 11.3 Å². The standard InChI is InChI=1S/C12H15N3O/c16-11-12(3-6-14-9-12)4-7-15(11)10-2-1-5-13-8-10/h1-2,5,8,14H,3-4,6-7,9H2/t12-/m1/s1. The van der Waals surface area contributed by atoms with E-state index in [2.05, 4.69) is 10.3 Å². The predicted molar refractivity (Wildman–Crippen MR) is 61.1 cm³/mol. The lowest BCUT2D eigenvalue weighted by atomic mass is 9.86. The van der Waals surface area contributed by atoms with Crippen LogP contribution in [0, 0.1) is 5.41 Å². The molecule has 1 atom stereocenters. The summed E-state index contributed by atoms with van der Waals surface area (Å²) in [6.07, 6.45) is 5.44. The first-order chi connectivity index (χ1) is 7.82. The Morgan fingerprint density at radius 3 is 3.06 bits per heavy atom. The van der Waals surface area contributed by atoms with Gasteiger partial charge >= 0.3 is 0 Å². The summed E-state index contributed by atoms with van der Waals surface area (Å²) in [7, 11) is 0. The van der Waals surface area contributed by atoms with E-state index in [0.29, 0.717) is 0 Å². The van der Waals surface area contributed by atoms with Crippen LogP contribution in [0.25, 0.3) is 0 Å². The maximum absolute atomic E-state index is 12.4. The van der Waals surface area contributed by atoms with Gasteiger partial charge in [-0.05, 0) is 31.5 Å². The van der Waals surface area contributed by atoms with Crippen molar-refractivity contribution in [2.45, 2.75) is 12.8 Å². The van der Waals surface area contributed by atoms with E-state index in [9.17, 15) is 4.79 Å². The summed E-state index contributed by atoms with van der Waals surface area (Å²) in [5.41, 5.74) is 0.798. The Labute approximate surface area is 94.7 Å². The number of amides is 1. The Balaban J connectivity index is 1.88. The topological polar surface area (TPSA) is 45.2 Å². The quantitative estimate of drug-likeness (QED) is 0.756. The summed E-state index contributed by atoms with van der Waals surface area (Å²) in [4.78, 5) is 18.3. The highest BCUT2D eigenvalue weighted by Gasteiger charge is 2.48. The van der Waals surface area contributed by atoms with Crippen molar-refractivity contribution >= 4 is 11.6 Å². The van der Waals surface area contributed by atoms with Crippen molar-refractivity contribution in [2.24, 2.45) is 5.41 Å². The van der Waals surface area contributed by atoms with E-state index in [0.717, 1.165) is 38.2 Å². The summed E-state index contributed by atoms with van der Waals surface area (Å²) in [5.74, 6) is 0.269. The van der Waals surface area contributed by atoms with Crippen LogP contribution in [0.15, 0.2) is 24.5 Å². The zero-order chi connectivity index (χ0) is 11.0. The van der Waals surface area contributed by atoms with Gasteiger partial charge in [0.2, 0.25) is 5.91 Å². The molecule has 2 fully saturated rings. The third-order valence-corrected chi connectivity index (χ3v) is 3.71. The highest BCUT2D eigenvalue weighted by Crippen LogP contribution is 2.39. The maximum Gasteiger partial charge on any atom is 0.234 e. The van der Waals surface area contributed by atoms with E-state index in [1.165, 1.54) is 0 Å². The second-order valence-corrected chi connectivity index (χ2v) is 4.63. The van der Waals surface area contributed by atoms with Crippen LogP contribution in [-0.4, -0.2) is 30.5 Å². The number of hydrogen-bond donors (Lipinski definition) is 1.